The van der Waals surface area contributed by atoms with Crippen LogP contribution in [0.15, 0.2) is 60.9 Å². The van der Waals surface area contributed by atoms with Crippen molar-refractivity contribution in [2.24, 2.45) is 5.92 Å². The summed E-state index contributed by atoms with van der Waals surface area (Å²) < 4.78 is 1.78. The van der Waals surface area contributed by atoms with Gasteiger partial charge in [-0.3, -0.25) is 19.4 Å². The van der Waals surface area contributed by atoms with Crippen molar-refractivity contribution in [2.45, 2.75) is 32.7 Å². The first kappa shape index (κ1) is 18.5. The maximum atomic E-state index is 13.4. The van der Waals surface area contributed by atoms with E-state index in [-0.39, 0.29) is 5.91 Å². The number of rotatable bonds is 4. The van der Waals surface area contributed by atoms with Crippen LogP contribution in [-0.2, 0) is 19.4 Å². The number of hydrogen-bond donors (Lipinski definition) is 1. The lowest BCUT2D eigenvalue weighted by Crippen LogP contribution is -2.22. The highest BCUT2D eigenvalue weighted by Gasteiger charge is 2.25. The van der Waals surface area contributed by atoms with E-state index < -0.39 is 0 Å². The van der Waals surface area contributed by atoms with Gasteiger partial charge in [0.2, 0.25) is 0 Å². The number of nitrogens with zero attached hydrogens (tertiary/aromatic N) is 4. The molecule has 4 aromatic rings. The number of fused-ring (bicyclic) bond motifs is 2. The number of carbonyl (C=O) groups is 1. The van der Waals surface area contributed by atoms with Crippen molar-refractivity contribution in [1.29, 1.82) is 0 Å². The quantitative estimate of drug-likeness (QED) is 0.559. The Hall–Kier alpha value is -3.54. The zero-order valence-electron chi connectivity index (χ0n) is 16.9. The van der Waals surface area contributed by atoms with Crippen LogP contribution in [0.3, 0.4) is 0 Å². The zero-order valence-corrected chi connectivity index (χ0v) is 16.9. The molecule has 1 amide bonds. The number of para-hydroxylation sites is 1. The number of aryl methyl sites for hydroxylation is 1. The molecule has 0 bridgehead atoms. The van der Waals surface area contributed by atoms with Gasteiger partial charge in [-0.05, 0) is 48.9 Å². The summed E-state index contributed by atoms with van der Waals surface area (Å²) in [7, 11) is 0. The zero-order chi connectivity index (χ0) is 20.5. The van der Waals surface area contributed by atoms with Gasteiger partial charge in [-0.25, -0.2) is 0 Å². The Morgan fingerprint density at radius 1 is 1.17 bits per heavy atom. The van der Waals surface area contributed by atoms with Gasteiger partial charge in [0.15, 0.2) is 5.82 Å². The number of benzene rings is 1. The molecule has 1 aliphatic rings. The van der Waals surface area contributed by atoms with Crippen LogP contribution in [0, 0.1) is 5.92 Å². The Labute approximate surface area is 175 Å². The van der Waals surface area contributed by atoms with Gasteiger partial charge in [-0.15, -0.1) is 0 Å². The number of amides is 1. The van der Waals surface area contributed by atoms with Crippen molar-refractivity contribution in [2.75, 3.05) is 5.32 Å². The molecule has 0 saturated heterocycles. The van der Waals surface area contributed by atoms with Crippen LogP contribution < -0.4 is 5.32 Å². The van der Waals surface area contributed by atoms with E-state index in [0.717, 1.165) is 52.7 Å². The standard InChI is InChI=1S/C24H23N5O/c1-16-9-10-21-19(14-16)23(18-7-2-3-8-20(18)26-21)24(30)27-22-11-13-29(28-22)15-17-6-4-5-12-25-17/h2-8,11-13,16H,9-10,14-15H2,1H3,(H,27,28,30). The van der Waals surface area contributed by atoms with Crippen molar-refractivity contribution < 1.29 is 4.79 Å². The van der Waals surface area contributed by atoms with Crippen LogP contribution in [-0.4, -0.2) is 25.7 Å². The van der Waals surface area contributed by atoms with E-state index in [2.05, 4.69) is 22.3 Å². The molecular formula is C24H23N5O. The van der Waals surface area contributed by atoms with Crippen LogP contribution in [0.1, 0.15) is 40.7 Å². The van der Waals surface area contributed by atoms with Gasteiger partial charge in [-0.1, -0.05) is 31.2 Å². The third-order valence-corrected chi connectivity index (χ3v) is 5.66. The molecule has 0 aliphatic heterocycles. The Morgan fingerprint density at radius 3 is 2.90 bits per heavy atom. The molecule has 150 valence electrons. The second-order valence-electron chi connectivity index (χ2n) is 7.95. The molecule has 0 saturated carbocycles. The largest absolute Gasteiger partial charge is 0.305 e. The average molecular weight is 397 g/mol. The van der Waals surface area contributed by atoms with Crippen LogP contribution >= 0.6 is 0 Å². The smallest absolute Gasteiger partial charge is 0.257 e. The predicted molar refractivity (Wildman–Crippen MR) is 116 cm³/mol. The van der Waals surface area contributed by atoms with Gasteiger partial charge in [-0.2, -0.15) is 5.10 Å². The fourth-order valence-electron chi connectivity index (χ4n) is 4.17. The molecule has 1 unspecified atom stereocenters. The summed E-state index contributed by atoms with van der Waals surface area (Å²) in [5, 5.41) is 8.41. The molecule has 0 spiro atoms. The number of hydrogen-bond acceptors (Lipinski definition) is 4. The van der Waals surface area contributed by atoms with Crippen molar-refractivity contribution in [3.63, 3.8) is 0 Å². The summed E-state index contributed by atoms with van der Waals surface area (Å²) in [4.78, 5) is 22.5. The average Bonchev–Trinajstić information content (AvgIpc) is 3.19. The van der Waals surface area contributed by atoms with Crippen molar-refractivity contribution in [3.05, 3.63) is 83.4 Å². The maximum Gasteiger partial charge on any atom is 0.257 e. The van der Waals surface area contributed by atoms with Gasteiger partial charge in [0.1, 0.15) is 0 Å². The minimum atomic E-state index is -0.123. The molecule has 1 aliphatic carbocycles. The number of pyridine rings is 2. The second kappa shape index (κ2) is 7.71. The third kappa shape index (κ3) is 3.56. The lowest BCUT2D eigenvalue weighted by atomic mass is 9.84. The summed E-state index contributed by atoms with van der Waals surface area (Å²) in [6, 6.07) is 15.5. The minimum Gasteiger partial charge on any atom is -0.305 e. The molecule has 5 rings (SSSR count). The Balaban J connectivity index is 1.46. The first-order valence-corrected chi connectivity index (χ1v) is 10.3. The normalized spacial score (nSPS) is 15.7. The molecule has 0 radical (unpaired) electrons. The lowest BCUT2D eigenvalue weighted by Gasteiger charge is -2.24. The van der Waals surface area contributed by atoms with E-state index in [1.54, 1.807) is 10.9 Å². The second-order valence-corrected chi connectivity index (χ2v) is 7.95. The van der Waals surface area contributed by atoms with Crippen molar-refractivity contribution in [3.8, 4) is 0 Å². The molecule has 6 heteroatoms. The van der Waals surface area contributed by atoms with Gasteiger partial charge >= 0.3 is 0 Å². The van der Waals surface area contributed by atoms with Gasteiger partial charge in [0.05, 0.1) is 23.3 Å². The first-order valence-electron chi connectivity index (χ1n) is 10.3. The molecule has 0 fully saturated rings. The Morgan fingerprint density at radius 2 is 2.03 bits per heavy atom. The number of nitrogens with one attached hydrogen (secondary N) is 1. The topological polar surface area (TPSA) is 72.7 Å². The number of aromatic nitrogens is 4. The third-order valence-electron chi connectivity index (χ3n) is 5.66. The number of carbonyl (C=O) groups excluding carboxylic acids is 1. The van der Waals surface area contributed by atoms with Crippen LogP contribution in [0.25, 0.3) is 10.9 Å². The van der Waals surface area contributed by atoms with E-state index >= 15 is 0 Å². The summed E-state index contributed by atoms with van der Waals surface area (Å²) >= 11 is 0. The lowest BCUT2D eigenvalue weighted by molar-refractivity contribution is 0.102. The predicted octanol–water partition coefficient (Wildman–Crippen LogP) is 4.25. The van der Waals surface area contributed by atoms with Gasteiger partial charge in [0, 0.05) is 29.5 Å². The summed E-state index contributed by atoms with van der Waals surface area (Å²) in [5.74, 6) is 0.959. The Bertz CT molecular complexity index is 1210. The fraction of sp³-hybridized carbons (Fsp3) is 0.250. The molecular weight excluding hydrogens is 374 g/mol. The van der Waals surface area contributed by atoms with Crippen molar-refractivity contribution in [1.82, 2.24) is 19.7 Å². The number of anilines is 1. The molecule has 1 N–H and O–H groups in total. The maximum absolute atomic E-state index is 13.4. The van der Waals surface area contributed by atoms with E-state index in [9.17, 15) is 4.79 Å². The SMILES string of the molecule is CC1CCc2nc3ccccc3c(C(=O)Nc3ccn(Cc4ccccn4)n3)c2C1. The summed E-state index contributed by atoms with van der Waals surface area (Å²) in [5.41, 5.74) is 4.66. The van der Waals surface area contributed by atoms with E-state index in [0.29, 0.717) is 18.3 Å². The summed E-state index contributed by atoms with van der Waals surface area (Å²) in [6.45, 7) is 2.79. The van der Waals surface area contributed by atoms with E-state index in [1.807, 2.05) is 54.7 Å². The molecule has 3 heterocycles. The minimum absolute atomic E-state index is 0.123. The highest BCUT2D eigenvalue weighted by atomic mass is 16.1. The summed E-state index contributed by atoms with van der Waals surface area (Å²) in [6.07, 6.45) is 6.52. The highest BCUT2D eigenvalue weighted by Crippen LogP contribution is 2.32. The first-order chi connectivity index (χ1) is 14.7. The molecule has 1 atom stereocenters. The van der Waals surface area contributed by atoms with Crippen LogP contribution in [0.4, 0.5) is 5.82 Å². The van der Waals surface area contributed by atoms with E-state index in [4.69, 9.17) is 4.98 Å². The van der Waals surface area contributed by atoms with Gasteiger partial charge in [0.25, 0.3) is 5.91 Å². The highest BCUT2D eigenvalue weighted by molar-refractivity contribution is 6.13. The molecule has 3 aromatic heterocycles. The van der Waals surface area contributed by atoms with Crippen LogP contribution in [0.2, 0.25) is 0 Å². The molecule has 30 heavy (non-hydrogen) atoms. The van der Waals surface area contributed by atoms with Crippen molar-refractivity contribution >= 4 is 22.6 Å². The molecule has 1 aromatic carbocycles. The Kier molecular flexibility index (Phi) is 4.75. The van der Waals surface area contributed by atoms with Crippen LogP contribution in [0.5, 0.6) is 0 Å². The molecule has 6 nitrogen and oxygen atoms in total. The monoisotopic (exact) mass is 397 g/mol. The fourth-order valence-corrected chi connectivity index (χ4v) is 4.17. The van der Waals surface area contributed by atoms with E-state index in [1.165, 1.54) is 0 Å². The van der Waals surface area contributed by atoms with Gasteiger partial charge < -0.3 is 5.32 Å².